The molecule has 8 heteroatoms. The molecule has 3 rings (SSSR count). The fourth-order valence-corrected chi connectivity index (χ4v) is 4.23. The smallest absolute Gasteiger partial charge is 0.262 e. The Hall–Kier alpha value is -2.42. The Morgan fingerprint density at radius 2 is 1.74 bits per heavy atom. The number of para-hydroxylation sites is 1. The minimum atomic E-state index is -3.79. The van der Waals surface area contributed by atoms with E-state index in [1.54, 1.807) is 49.4 Å². The van der Waals surface area contributed by atoms with Crippen LogP contribution in [0.25, 0.3) is 0 Å². The predicted molar refractivity (Wildman–Crippen MR) is 104 cm³/mol. The standard InChI is InChI=1S/C19H23N3O4S/c1-14-7-8-16(21-18(23)19(20)9-11-26-12-10-19)13-17(14)27(24,25)22-15-5-3-2-4-6-15/h2-8,13,22H,9-12,20H2,1H3,(H,21,23). The zero-order valence-electron chi connectivity index (χ0n) is 15.1. The van der Waals surface area contributed by atoms with Crippen LogP contribution in [0.2, 0.25) is 0 Å². The highest BCUT2D eigenvalue weighted by Gasteiger charge is 2.36. The molecular weight excluding hydrogens is 366 g/mol. The summed E-state index contributed by atoms with van der Waals surface area (Å²) in [6, 6.07) is 13.4. The summed E-state index contributed by atoms with van der Waals surface area (Å²) in [5.74, 6) is -0.339. The topological polar surface area (TPSA) is 111 Å². The SMILES string of the molecule is Cc1ccc(NC(=O)C2(N)CCOCC2)cc1S(=O)(=O)Nc1ccccc1. The van der Waals surface area contributed by atoms with Gasteiger partial charge in [-0.15, -0.1) is 0 Å². The number of aryl methyl sites for hydroxylation is 1. The maximum atomic E-state index is 12.8. The van der Waals surface area contributed by atoms with Crippen LogP contribution in [0.1, 0.15) is 18.4 Å². The summed E-state index contributed by atoms with van der Waals surface area (Å²) in [5, 5.41) is 2.74. The zero-order valence-corrected chi connectivity index (χ0v) is 15.9. The van der Waals surface area contributed by atoms with E-state index in [9.17, 15) is 13.2 Å². The van der Waals surface area contributed by atoms with E-state index < -0.39 is 15.6 Å². The van der Waals surface area contributed by atoms with Crippen molar-refractivity contribution in [2.45, 2.75) is 30.2 Å². The maximum absolute atomic E-state index is 12.8. The first-order valence-corrected chi connectivity index (χ1v) is 10.2. The number of sulfonamides is 1. The monoisotopic (exact) mass is 389 g/mol. The number of rotatable bonds is 5. The summed E-state index contributed by atoms with van der Waals surface area (Å²) in [6.45, 7) is 2.56. The van der Waals surface area contributed by atoms with E-state index in [1.807, 2.05) is 0 Å². The number of benzene rings is 2. The van der Waals surface area contributed by atoms with Crippen LogP contribution in [0.5, 0.6) is 0 Å². The lowest BCUT2D eigenvalue weighted by Gasteiger charge is -2.31. The Morgan fingerprint density at radius 3 is 2.41 bits per heavy atom. The van der Waals surface area contributed by atoms with Crippen molar-refractivity contribution >= 4 is 27.3 Å². The van der Waals surface area contributed by atoms with Gasteiger partial charge in [0.05, 0.1) is 4.90 Å². The summed E-state index contributed by atoms with van der Waals surface area (Å²) >= 11 is 0. The Balaban J connectivity index is 1.82. The Morgan fingerprint density at radius 1 is 1.07 bits per heavy atom. The second-order valence-electron chi connectivity index (χ2n) is 6.67. The molecule has 0 spiro atoms. The van der Waals surface area contributed by atoms with Crippen molar-refractivity contribution < 1.29 is 17.9 Å². The fraction of sp³-hybridized carbons (Fsp3) is 0.316. The molecular formula is C19H23N3O4S. The van der Waals surface area contributed by atoms with Crippen LogP contribution in [0, 0.1) is 6.92 Å². The summed E-state index contributed by atoms with van der Waals surface area (Å²) in [5.41, 5.74) is 6.60. The molecule has 1 saturated heterocycles. The van der Waals surface area contributed by atoms with Crippen LogP contribution >= 0.6 is 0 Å². The number of ether oxygens (including phenoxy) is 1. The Labute approximate surface area is 159 Å². The third-order valence-electron chi connectivity index (χ3n) is 4.60. The largest absolute Gasteiger partial charge is 0.381 e. The minimum Gasteiger partial charge on any atom is -0.381 e. The molecule has 0 saturated carbocycles. The lowest BCUT2D eigenvalue weighted by molar-refractivity contribution is -0.124. The van der Waals surface area contributed by atoms with Gasteiger partial charge in [0.25, 0.3) is 10.0 Å². The first-order chi connectivity index (χ1) is 12.8. The van der Waals surface area contributed by atoms with Crippen molar-refractivity contribution in [2.24, 2.45) is 5.73 Å². The van der Waals surface area contributed by atoms with E-state index in [4.69, 9.17) is 10.5 Å². The lowest BCUT2D eigenvalue weighted by Crippen LogP contribution is -2.54. The van der Waals surface area contributed by atoms with E-state index in [0.29, 0.717) is 43.0 Å². The summed E-state index contributed by atoms with van der Waals surface area (Å²) in [7, 11) is -3.79. The van der Waals surface area contributed by atoms with Gasteiger partial charge in [-0.25, -0.2) is 8.42 Å². The molecule has 4 N–H and O–H groups in total. The van der Waals surface area contributed by atoms with Gasteiger partial charge in [0.1, 0.15) is 5.54 Å². The van der Waals surface area contributed by atoms with Crippen LogP contribution in [0.15, 0.2) is 53.4 Å². The van der Waals surface area contributed by atoms with Crippen LogP contribution in [-0.2, 0) is 19.6 Å². The third kappa shape index (κ3) is 4.47. The minimum absolute atomic E-state index is 0.0993. The van der Waals surface area contributed by atoms with Gasteiger partial charge in [-0.1, -0.05) is 24.3 Å². The van der Waals surface area contributed by atoms with E-state index >= 15 is 0 Å². The molecule has 27 heavy (non-hydrogen) atoms. The van der Waals surface area contributed by atoms with E-state index in [0.717, 1.165) is 0 Å². The van der Waals surface area contributed by atoms with Crippen molar-refractivity contribution in [1.82, 2.24) is 0 Å². The summed E-state index contributed by atoms with van der Waals surface area (Å²) < 4.78 is 33.3. The molecule has 1 aliphatic rings. The number of nitrogens with one attached hydrogen (secondary N) is 2. The molecule has 0 unspecified atom stereocenters. The zero-order chi connectivity index (χ0) is 19.5. The number of carbonyl (C=O) groups is 1. The van der Waals surface area contributed by atoms with Crippen molar-refractivity contribution in [3.63, 3.8) is 0 Å². The van der Waals surface area contributed by atoms with Crippen molar-refractivity contribution in [1.29, 1.82) is 0 Å². The van der Waals surface area contributed by atoms with Gasteiger partial charge in [0.2, 0.25) is 5.91 Å². The second kappa shape index (κ2) is 7.67. The molecule has 0 bridgehead atoms. The molecule has 1 fully saturated rings. The number of anilines is 2. The molecule has 2 aromatic rings. The molecule has 0 atom stereocenters. The van der Waals surface area contributed by atoms with Gasteiger partial charge in [0.15, 0.2) is 0 Å². The number of nitrogens with two attached hydrogens (primary N) is 1. The molecule has 7 nitrogen and oxygen atoms in total. The molecule has 144 valence electrons. The third-order valence-corrected chi connectivity index (χ3v) is 6.12. The molecule has 1 amide bonds. The quantitative estimate of drug-likeness (QED) is 0.726. The second-order valence-corrected chi connectivity index (χ2v) is 8.33. The number of carbonyl (C=O) groups excluding carboxylic acids is 1. The molecule has 0 aliphatic carbocycles. The number of amides is 1. The molecule has 0 aromatic heterocycles. The Bertz CT molecular complexity index is 923. The van der Waals surface area contributed by atoms with Crippen LogP contribution in [0.3, 0.4) is 0 Å². The molecule has 0 radical (unpaired) electrons. The average molecular weight is 389 g/mol. The highest BCUT2D eigenvalue weighted by atomic mass is 32.2. The van der Waals surface area contributed by atoms with Crippen molar-refractivity contribution in [3.05, 3.63) is 54.1 Å². The Kier molecular flexibility index (Phi) is 5.50. The van der Waals surface area contributed by atoms with Gasteiger partial charge in [-0.2, -0.15) is 0 Å². The molecule has 1 aliphatic heterocycles. The van der Waals surface area contributed by atoms with Crippen LogP contribution in [-0.4, -0.2) is 33.1 Å². The maximum Gasteiger partial charge on any atom is 0.262 e. The average Bonchev–Trinajstić information content (AvgIpc) is 2.64. The normalized spacial score (nSPS) is 16.5. The van der Waals surface area contributed by atoms with Gasteiger partial charge in [-0.05, 0) is 49.6 Å². The highest BCUT2D eigenvalue weighted by Crippen LogP contribution is 2.25. The molecule has 1 heterocycles. The van der Waals surface area contributed by atoms with Crippen LogP contribution in [0.4, 0.5) is 11.4 Å². The van der Waals surface area contributed by atoms with Gasteiger partial charge >= 0.3 is 0 Å². The number of hydrogen-bond donors (Lipinski definition) is 3. The van der Waals surface area contributed by atoms with Crippen molar-refractivity contribution in [2.75, 3.05) is 23.3 Å². The van der Waals surface area contributed by atoms with Gasteiger partial charge in [0, 0.05) is 24.6 Å². The van der Waals surface area contributed by atoms with Crippen LogP contribution < -0.4 is 15.8 Å². The predicted octanol–water partition coefficient (Wildman–Crippen LogP) is 2.24. The van der Waals surface area contributed by atoms with Crippen molar-refractivity contribution in [3.8, 4) is 0 Å². The first kappa shape index (κ1) is 19.3. The fourth-order valence-electron chi connectivity index (χ4n) is 2.90. The summed E-state index contributed by atoms with van der Waals surface area (Å²) in [6.07, 6.45) is 0.844. The number of hydrogen-bond acceptors (Lipinski definition) is 5. The highest BCUT2D eigenvalue weighted by molar-refractivity contribution is 7.92. The van der Waals surface area contributed by atoms with E-state index in [1.165, 1.54) is 6.07 Å². The first-order valence-electron chi connectivity index (χ1n) is 8.67. The van der Waals surface area contributed by atoms with Gasteiger partial charge < -0.3 is 15.8 Å². The molecule has 2 aromatic carbocycles. The van der Waals surface area contributed by atoms with E-state index in [-0.39, 0.29) is 10.8 Å². The van der Waals surface area contributed by atoms with E-state index in [2.05, 4.69) is 10.0 Å². The van der Waals surface area contributed by atoms with Gasteiger partial charge in [-0.3, -0.25) is 9.52 Å². The summed E-state index contributed by atoms with van der Waals surface area (Å²) in [4.78, 5) is 12.7. The lowest BCUT2D eigenvalue weighted by atomic mass is 9.90.